The van der Waals surface area contributed by atoms with Crippen molar-refractivity contribution in [3.05, 3.63) is 94.0 Å². The molecule has 0 fully saturated rings. The number of halogens is 2. The van der Waals surface area contributed by atoms with Crippen LogP contribution in [-0.4, -0.2) is 0 Å². The molecule has 0 aliphatic carbocycles. The molecule has 0 amide bonds. The smallest absolute Gasteiger partial charge is 0.138 e. The predicted octanol–water partition coefficient (Wildman–Crippen LogP) is 6.15. The van der Waals surface area contributed by atoms with Gasteiger partial charge in [0.2, 0.25) is 0 Å². The lowest BCUT2D eigenvalue weighted by atomic mass is 10.1. The van der Waals surface area contributed by atoms with Crippen LogP contribution >= 0.6 is 23.2 Å². The highest BCUT2D eigenvalue weighted by Gasteiger charge is 2.07. The maximum Gasteiger partial charge on any atom is 0.138 e. The van der Waals surface area contributed by atoms with Crippen LogP contribution in [-0.2, 0) is 13.2 Å². The van der Waals surface area contributed by atoms with Crippen molar-refractivity contribution in [3.8, 4) is 11.5 Å². The van der Waals surface area contributed by atoms with E-state index in [1.165, 1.54) is 0 Å². The third-order valence-electron chi connectivity index (χ3n) is 3.56. The Labute approximate surface area is 151 Å². The Bertz CT molecular complexity index is 749. The first-order valence-corrected chi connectivity index (χ1v) is 8.31. The largest absolute Gasteiger partial charge is 0.487 e. The van der Waals surface area contributed by atoms with Crippen LogP contribution in [0.2, 0.25) is 10.0 Å². The van der Waals surface area contributed by atoms with Crippen molar-refractivity contribution >= 4 is 23.2 Å². The van der Waals surface area contributed by atoms with Gasteiger partial charge in [0.15, 0.2) is 0 Å². The van der Waals surface area contributed by atoms with E-state index in [1.807, 2.05) is 72.8 Å². The highest BCUT2D eigenvalue weighted by atomic mass is 35.5. The molecule has 3 rings (SSSR count). The minimum atomic E-state index is 0.422. The molecule has 0 N–H and O–H groups in total. The Balaban J connectivity index is 1.69. The molecule has 2 nitrogen and oxygen atoms in total. The van der Waals surface area contributed by atoms with Gasteiger partial charge in [-0.2, -0.15) is 0 Å². The van der Waals surface area contributed by atoms with Crippen LogP contribution in [0.1, 0.15) is 11.1 Å². The fourth-order valence-corrected chi connectivity index (χ4v) is 2.65. The summed E-state index contributed by atoms with van der Waals surface area (Å²) in [5.74, 6) is 1.34. The van der Waals surface area contributed by atoms with Crippen LogP contribution < -0.4 is 9.47 Å². The third kappa shape index (κ3) is 4.22. The van der Waals surface area contributed by atoms with Crippen molar-refractivity contribution in [1.29, 1.82) is 0 Å². The summed E-state index contributed by atoms with van der Waals surface area (Å²) in [4.78, 5) is 0. The average Bonchev–Trinajstić information content (AvgIpc) is 2.61. The van der Waals surface area contributed by atoms with Gasteiger partial charge in [-0.1, -0.05) is 71.7 Å². The van der Waals surface area contributed by atoms with Crippen molar-refractivity contribution in [2.75, 3.05) is 0 Å². The molecule has 0 aliphatic rings. The van der Waals surface area contributed by atoms with Gasteiger partial charge < -0.3 is 9.47 Å². The van der Waals surface area contributed by atoms with Crippen molar-refractivity contribution in [2.24, 2.45) is 0 Å². The summed E-state index contributed by atoms with van der Waals surface area (Å²) in [6, 6.07) is 22.9. The van der Waals surface area contributed by atoms with Gasteiger partial charge in [0.1, 0.15) is 24.7 Å². The molecular formula is C20H16Cl2O2. The summed E-state index contributed by atoms with van der Waals surface area (Å²) in [6.45, 7) is 0.845. The lowest BCUT2D eigenvalue weighted by molar-refractivity contribution is 0.285. The van der Waals surface area contributed by atoms with Gasteiger partial charge in [0.25, 0.3) is 0 Å². The van der Waals surface area contributed by atoms with Gasteiger partial charge in [0, 0.05) is 0 Å². The Morgan fingerprint density at radius 1 is 0.542 bits per heavy atom. The first kappa shape index (κ1) is 16.7. The Hall–Kier alpha value is -2.16. The van der Waals surface area contributed by atoms with E-state index in [0.717, 1.165) is 11.1 Å². The number of para-hydroxylation sites is 2. The number of ether oxygens (including phenoxy) is 2. The van der Waals surface area contributed by atoms with Crippen LogP contribution in [0.3, 0.4) is 0 Å². The molecule has 3 aromatic carbocycles. The highest BCUT2D eigenvalue weighted by molar-refractivity contribution is 6.32. The molecule has 0 atom stereocenters. The molecule has 24 heavy (non-hydrogen) atoms. The molecule has 0 aromatic heterocycles. The van der Waals surface area contributed by atoms with Gasteiger partial charge in [-0.05, 0) is 35.4 Å². The summed E-state index contributed by atoms with van der Waals surface area (Å²) in [7, 11) is 0. The number of hydrogen-bond acceptors (Lipinski definition) is 2. The molecule has 0 saturated heterocycles. The quantitative estimate of drug-likeness (QED) is 0.525. The monoisotopic (exact) mass is 358 g/mol. The van der Waals surface area contributed by atoms with E-state index >= 15 is 0 Å². The van der Waals surface area contributed by atoms with Crippen LogP contribution in [0.15, 0.2) is 72.8 Å². The average molecular weight is 359 g/mol. The molecule has 3 aromatic rings. The Morgan fingerprint density at radius 3 is 1.33 bits per heavy atom. The van der Waals surface area contributed by atoms with E-state index in [0.29, 0.717) is 34.8 Å². The van der Waals surface area contributed by atoms with E-state index in [4.69, 9.17) is 32.7 Å². The summed E-state index contributed by atoms with van der Waals surface area (Å²) in [6.07, 6.45) is 0. The SMILES string of the molecule is Clc1ccccc1OCc1ccccc1COc1ccccc1Cl. The minimum Gasteiger partial charge on any atom is -0.487 e. The minimum absolute atomic E-state index is 0.422. The fourth-order valence-electron chi connectivity index (χ4n) is 2.27. The zero-order valence-electron chi connectivity index (χ0n) is 12.9. The van der Waals surface area contributed by atoms with Crippen molar-refractivity contribution < 1.29 is 9.47 Å². The van der Waals surface area contributed by atoms with Crippen molar-refractivity contribution in [2.45, 2.75) is 13.2 Å². The molecule has 0 unspecified atom stereocenters. The van der Waals surface area contributed by atoms with Crippen molar-refractivity contribution in [3.63, 3.8) is 0 Å². The van der Waals surface area contributed by atoms with Crippen LogP contribution in [0.5, 0.6) is 11.5 Å². The molecule has 0 bridgehead atoms. The third-order valence-corrected chi connectivity index (χ3v) is 4.18. The number of hydrogen-bond donors (Lipinski definition) is 0. The normalized spacial score (nSPS) is 10.4. The van der Waals surface area contributed by atoms with E-state index in [1.54, 1.807) is 0 Å². The van der Waals surface area contributed by atoms with E-state index in [9.17, 15) is 0 Å². The van der Waals surface area contributed by atoms with Crippen LogP contribution in [0.4, 0.5) is 0 Å². The molecule has 0 saturated carbocycles. The Morgan fingerprint density at radius 2 is 0.917 bits per heavy atom. The lowest BCUT2D eigenvalue weighted by Crippen LogP contribution is -2.04. The fraction of sp³-hybridized carbons (Fsp3) is 0.100. The molecule has 0 heterocycles. The molecule has 4 heteroatoms. The summed E-state index contributed by atoms with van der Waals surface area (Å²) >= 11 is 12.2. The summed E-state index contributed by atoms with van der Waals surface area (Å²) in [5.41, 5.74) is 2.09. The molecule has 0 spiro atoms. The summed E-state index contributed by atoms with van der Waals surface area (Å²) in [5, 5.41) is 1.20. The standard InChI is InChI=1S/C20H16Cl2O2/c21-17-9-3-5-11-19(17)23-13-15-7-1-2-8-16(15)14-24-20-12-6-4-10-18(20)22/h1-12H,13-14H2. The zero-order chi connectivity index (χ0) is 16.8. The van der Waals surface area contributed by atoms with Crippen LogP contribution in [0, 0.1) is 0 Å². The first-order chi connectivity index (χ1) is 11.7. The topological polar surface area (TPSA) is 18.5 Å². The second-order valence-electron chi connectivity index (χ2n) is 5.21. The maximum absolute atomic E-state index is 6.12. The van der Waals surface area contributed by atoms with Gasteiger partial charge in [-0.25, -0.2) is 0 Å². The lowest BCUT2D eigenvalue weighted by Gasteiger charge is -2.13. The predicted molar refractivity (Wildman–Crippen MR) is 98.0 cm³/mol. The van der Waals surface area contributed by atoms with Gasteiger partial charge in [-0.15, -0.1) is 0 Å². The van der Waals surface area contributed by atoms with Gasteiger partial charge in [-0.3, -0.25) is 0 Å². The Kier molecular flexibility index (Phi) is 5.63. The molecule has 0 radical (unpaired) electrons. The highest BCUT2D eigenvalue weighted by Crippen LogP contribution is 2.26. The van der Waals surface area contributed by atoms with Gasteiger partial charge >= 0.3 is 0 Å². The zero-order valence-corrected chi connectivity index (χ0v) is 14.4. The van der Waals surface area contributed by atoms with E-state index in [2.05, 4.69) is 0 Å². The van der Waals surface area contributed by atoms with E-state index < -0.39 is 0 Å². The maximum atomic E-state index is 6.12. The molecule has 0 aliphatic heterocycles. The second kappa shape index (κ2) is 8.09. The van der Waals surface area contributed by atoms with Crippen LogP contribution in [0.25, 0.3) is 0 Å². The molecule has 122 valence electrons. The summed E-state index contributed by atoms with van der Waals surface area (Å²) < 4.78 is 11.7. The number of benzene rings is 3. The van der Waals surface area contributed by atoms with E-state index in [-0.39, 0.29) is 0 Å². The molecular weight excluding hydrogens is 343 g/mol. The second-order valence-corrected chi connectivity index (χ2v) is 6.02. The first-order valence-electron chi connectivity index (χ1n) is 7.55. The van der Waals surface area contributed by atoms with Crippen molar-refractivity contribution in [1.82, 2.24) is 0 Å². The van der Waals surface area contributed by atoms with Gasteiger partial charge in [0.05, 0.1) is 10.0 Å². The number of rotatable bonds is 6.